The predicted molar refractivity (Wildman–Crippen MR) is 69.2 cm³/mol. The Hall–Kier alpha value is -1.03. The summed E-state index contributed by atoms with van der Waals surface area (Å²) in [5, 5.41) is 3.40. The lowest BCUT2D eigenvalue weighted by Gasteiger charge is -2.23. The van der Waals surface area contributed by atoms with Gasteiger partial charge in [0.2, 0.25) is 5.95 Å². The van der Waals surface area contributed by atoms with Crippen molar-refractivity contribution < 1.29 is 4.74 Å². The highest BCUT2D eigenvalue weighted by Gasteiger charge is 2.14. The van der Waals surface area contributed by atoms with Crippen LogP contribution in [0.15, 0.2) is 12.4 Å². The number of imidazole rings is 1. The number of ether oxygens (including phenoxy) is 1. The summed E-state index contributed by atoms with van der Waals surface area (Å²) in [5.41, 5.74) is 0. The van der Waals surface area contributed by atoms with Crippen LogP contribution in [0.4, 0.5) is 5.95 Å². The van der Waals surface area contributed by atoms with Crippen LogP contribution in [0.1, 0.15) is 39.0 Å². The van der Waals surface area contributed by atoms with E-state index in [0.29, 0.717) is 6.10 Å². The van der Waals surface area contributed by atoms with Gasteiger partial charge in [-0.3, -0.25) is 0 Å². The number of rotatable bonds is 6. The molecule has 0 amide bonds. The molecule has 0 aromatic carbocycles. The molecule has 0 aliphatic carbocycles. The first-order valence-corrected chi connectivity index (χ1v) is 6.76. The molecule has 1 aliphatic heterocycles. The van der Waals surface area contributed by atoms with E-state index < -0.39 is 0 Å². The Morgan fingerprint density at radius 1 is 1.53 bits per heavy atom. The average molecular weight is 237 g/mol. The van der Waals surface area contributed by atoms with Gasteiger partial charge in [-0.05, 0) is 25.7 Å². The number of nitrogens with one attached hydrogen (secondary N) is 1. The molecule has 0 spiro atoms. The zero-order valence-corrected chi connectivity index (χ0v) is 10.7. The number of aromatic nitrogens is 2. The minimum absolute atomic E-state index is 0.361. The smallest absolute Gasteiger partial charge is 0.202 e. The third-order valence-corrected chi connectivity index (χ3v) is 3.23. The molecule has 1 saturated heterocycles. The molecule has 96 valence electrons. The SMILES string of the molecule is CCCCn1ccnc1NCC1CCCCO1. The van der Waals surface area contributed by atoms with Crippen molar-refractivity contribution in [1.82, 2.24) is 9.55 Å². The van der Waals surface area contributed by atoms with Crippen LogP contribution in [0.2, 0.25) is 0 Å². The van der Waals surface area contributed by atoms with E-state index in [0.717, 1.165) is 25.6 Å². The van der Waals surface area contributed by atoms with E-state index >= 15 is 0 Å². The number of nitrogens with zero attached hydrogens (tertiary/aromatic N) is 2. The van der Waals surface area contributed by atoms with Gasteiger partial charge in [-0.15, -0.1) is 0 Å². The molecule has 0 radical (unpaired) electrons. The lowest BCUT2D eigenvalue weighted by Crippen LogP contribution is -2.27. The van der Waals surface area contributed by atoms with Crippen molar-refractivity contribution in [3.05, 3.63) is 12.4 Å². The molecule has 2 heterocycles. The Labute approximate surface area is 103 Å². The normalized spacial score (nSPS) is 20.4. The number of unbranched alkanes of at least 4 members (excludes halogenated alkanes) is 1. The topological polar surface area (TPSA) is 39.1 Å². The van der Waals surface area contributed by atoms with E-state index in [1.165, 1.54) is 32.1 Å². The van der Waals surface area contributed by atoms with E-state index in [-0.39, 0.29) is 0 Å². The van der Waals surface area contributed by atoms with Crippen LogP contribution in [-0.2, 0) is 11.3 Å². The molecule has 1 fully saturated rings. The second-order valence-corrected chi connectivity index (χ2v) is 4.67. The van der Waals surface area contributed by atoms with Gasteiger partial charge in [-0.2, -0.15) is 0 Å². The quantitative estimate of drug-likeness (QED) is 0.826. The predicted octanol–water partition coefficient (Wildman–Crippen LogP) is 2.66. The molecule has 1 unspecified atom stereocenters. The summed E-state index contributed by atoms with van der Waals surface area (Å²) in [5.74, 6) is 0.979. The highest BCUT2D eigenvalue weighted by Crippen LogP contribution is 2.14. The fourth-order valence-corrected chi connectivity index (χ4v) is 2.16. The fraction of sp³-hybridized carbons (Fsp3) is 0.769. The highest BCUT2D eigenvalue weighted by molar-refractivity contribution is 5.25. The maximum absolute atomic E-state index is 5.70. The van der Waals surface area contributed by atoms with Crippen molar-refractivity contribution >= 4 is 5.95 Å². The Morgan fingerprint density at radius 2 is 2.47 bits per heavy atom. The first-order valence-electron chi connectivity index (χ1n) is 6.76. The maximum atomic E-state index is 5.70. The first-order chi connectivity index (χ1) is 8.40. The minimum Gasteiger partial charge on any atom is -0.376 e. The molecule has 1 aliphatic rings. The van der Waals surface area contributed by atoms with E-state index in [9.17, 15) is 0 Å². The summed E-state index contributed by atoms with van der Waals surface area (Å²) in [6, 6.07) is 0. The van der Waals surface area contributed by atoms with Crippen LogP contribution in [0.5, 0.6) is 0 Å². The van der Waals surface area contributed by atoms with Gasteiger partial charge in [0, 0.05) is 32.1 Å². The van der Waals surface area contributed by atoms with Gasteiger partial charge in [-0.25, -0.2) is 4.98 Å². The number of anilines is 1. The number of hydrogen-bond donors (Lipinski definition) is 1. The van der Waals surface area contributed by atoms with Gasteiger partial charge >= 0.3 is 0 Å². The van der Waals surface area contributed by atoms with Crippen molar-refractivity contribution in [3.63, 3.8) is 0 Å². The lowest BCUT2D eigenvalue weighted by atomic mass is 10.1. The van der Waals surface area contributed by atoms with Crippen molar-refractivity contribution in [2.45, 2.75) is 51.7 Å². The van der Waals surface area contributed by atoms with E-state index in [1.54, 1.807) is 0 Å². The molecule has 1 N–H and O–H groups in total. The van der Waals surface area contributed by atoms with Crippen LogP contribution in [0.25, 0.3) is 0 Å². The van der Waals surface area contributed by atoms with Crippen molar-refractivity contribution in [2.24, 2.45) is 0 Å². The molecule has 1 atom stereocenters. The zero-order valence-electron chi connectivity index (χ0n) is 10.7. The summed E-state index contributed by atoms with van der Waals surface area (Å²) < 4.78 is 7.88. The summed E-state index contributed by atoms with van der Waals surface area (Å²) in [4.78, 5) is 4.35. The molecule has 4 heteroatoms. The Bertz CT molecular complexity index is 318. The largest absolute Gasteiger partial charge is 0.376 e. The zero-order chi connectivity index (χ0) is 11.9. The molecule has 2 rings (SSSR count). The van der Waals surface area contributed by atoms with Gasteiger partial charge in [0.1, 0.15) is 0 Å². The second-order valence-electron chi connectivity index (χ2n) is 4.67. The molecule has 4 nitrogen and oxygen atoms in total. The monoisotopic (exact) mass is 237 g/mol. The fourth-order valence-electron chi connectivity index (χ4n) is 2.16. The van der Waals surface area contributed by atoms with Gasteiger partial charge in [0.05, 0.1) is 6.10 Å². The molecular formula is C13H23N3O. The summed E-state index contributed by atoms with van der Waals surface area (Å²) in [6.45, 7) is 5.05. The third kappa shape index (κ3) is 3.73. The van der Waals surface area contributed by atoms with Crippen molar-refractivity contribution in [2.75, 3.05) is 18.5 Å². The molecule has 17 heavy (non-hydrogen) atoms. The standard InChI is InChI=1S/C13H23N3O/c1-2-3-8-16-9-7-14-13(16)15-11-12-6-4-5-10-17-12/h7,9,12H,2-6,8,10-11H2,1H3,(H,14,15). The van der Waals surface area contributed by atoms with Gasteiger partial charge in [0.25, 0.3) is 0 Å². The molecule has 1 aromatic rings. The van der Waals surface area contributed by atoms with E-state index in [2.05, 4.69) is 21.8 Å². The van der Waals surface area contributed by atoms with Crippen LogP contribution >= 0.6 is 0 Å². The minimum atomic E-state index is 0.361. The van der Waals surface area contributed by atoms with E-state index in [1.807, 2.05) is 12.4 Å². The van der Waals surface area contributed by atoms with Gasteiger partial charge in [-0.1, -0.05) is 13.3 Å². The second kappa shape index (κ2) is 6.64. The van der Waals surface area contributed by atoms with E-state index in [4.69, 9.17) is 4.74 Å². The van der Waals surface area contributed by atoms with Crippen LogP contribution < -0.4 is 5.32 Å². The molecule has 0 bridgehead atoms. The third-order valence-electron chi connectivity index (χ3n) is 3.23. The first kappa shape index (κ1) is 12.4. The molecular weight excluding hydrogens is 214 g/mol. The Balaban J connectivity index is 1.79. The average Bonchev–Trinajstić information content (AvgIpc) is 2.82. The highest BCUT2D eigenvalue weighted by atomic mass is 16.5. The Morgan fingerprint density at radius 3 is 3.24 bits per heavy atom. The molecule has 1 aromatic heterocycles. The van der Waals surface area contributed by atoms with Crippen LogP contribution in [-0.4, -0.2) is 28.8 Å². The lowest BCUT2D eigenvalue weighted by molar-refractivity contribution is 0.0246. The maximum Gasteiger partial charge on any atom is 0.202 e. The number of aryl methyl sites for hydroxylation is 1. The van der Waals surface area contributed by atoms with Gasteiger partial charge in [0.15, 0.2) is 0 Å². The van der Waals surface area contributed by atoms with Crippen LogP contribution in [0, 0.1) is 0 Å². The molecule has 0 saturated carbocycles. The van der Waals surface area contributed by atoms with Crippen molar-refractivity contribution in [3.8, 4) is 0 Å². The van der Waals surface area contributed by atoms with Gasteiger partial charge < -0.3 is 14.6 Å². The summed E-state index contributed by atoms with van der Waals surface area (Å²) >= 11 is 0. The summed E-state index contributed by atoms with van der Waals surface area (Å²) in [7, 11) is 0. The number of hydrogen-bond acceptors (Lipinski definition) is 3. The van der Waals surface area contributed by atoms with Crippen molar-refractivity contribution in [1.29, 1.82) is 0 Å². The summed E-state index contributed by atoms with van der Waals surface area (Å²) in [6.07, 6.45) is 10.3. The van der Waals surface area contributed by atoms with Crippen LogP contribution in [0.3, 0.4) is 0 Å². The Kier molecular flexibility index (Phi) is 4.86.